The van der Waals surface area contributed by atoms with Gasteiger partial charge in [0, 0.05) is 29.9 Å². The van der Waals surface area contributed by atoms with Crippen LogP contribution >= 0.6 is 11.3 Å². The molecule has 0 aliphatic carbocycles. The molecule has 3 aromatic rings. The average Bonchev–Trinajstić information content (AvgIpc) is 3.43. The molecule has 0 radical (unpaired) electrons. The molecule has 0 fully saturated rings. The molecule has 0 spiro atoms. The minimum Gasteiger partial charge on any atom is -0.467 e. The number of hydrogen-bond acceptors (Lipinski definition) is 4. The van der Waals surface area contributed by atoms with E-state index in [2.05, 4.69) is 0 Å². The number of thiophene rings is 1. The van der Waals surface area contributed by atoms with Crippen molar-refractivity contribution in [2.75, 3.05) is 6.54 Å². The van der Waals surface area contributed by atoms with E-state index >= 15 is 0 Å². The van der Waals surface area contributed by atoms with Crippen LogP contribution in [0.25, 0.3) is 0 Å². The van der Waals surface area contributed by atoms with Gasteiger partial charge in [0.15, 0.2) is 0 Å². The molecule has 29 heavy (non-hydrogen) atoms. The highest BCUT2D eigenvalue weighted by molar-refractivity contribution is 7.10. The van der Waals surface area contributed by atoms with Gasteiger partial charge in [0.05, 0.1) is 25.8 Å². The van der Waals surface area contributed by atoms with Crippen molar-refractivity contribution in [3.63, 3.8) is 0 Å². The van der Waals surface area contributed by atoms with Crippen molar-refractivity contribution in [1.29, 1.82) is 0 Å². The van der Waals surface area contributed by atoms with Gasteiger partial charge >= 0.3 is 0 Å². The van der Waals surface area contributed by atoms with Crippen LogP contribution in [0.5, 0.6) is 0 Å². The predicted molar refractivity (Wildman–Crippen MR) is 113 cm³/mol. The van der Waals surface area contributed by atoms with Gasteiger partial charge in [-0.25, -0.2) is 0 Å². The number of aryl methyl sites for hydroxylation is 1. The molecule has 0 saturated carbocycles. The van der Waals surface area contributed by atoms with Crippen LogP contribution < -0.4 is 0 Å². The van der Waals surface area contributed by atoms with Crippen molar-refractivity contribution in [2.45, 2.75) is 39.4 Å². The number of furan rings is 1. The normalized spacial score (nSPS) is 11.0. The Labute approximate surface area is 175 Å². The summed E-state index contributed by atoms with van der Waals surface area (Å²) in [4.78, 5) is 30.4. The van der Waals surface area contributed by atoms with Crippen LogP contribution in [-0.4, -0.2) is 38.8 Å². The zero-order valence-electron chi connectivity index (χ0n) is 17.1. The highest BCUT2D eigenvalue weighted by atomic mass is 32.1. The molecule has 3 rings (SSSR count). The summed E-state index contributed by atoms with van der Waals surface area (Å²) in [5, 5.41) is 1.96. The molecule has 6 nitrogen and oxygen atoms in total. The fourth-order valence-electron chi connectivity index (χ4n) is 3.15. The largest absolute Gasteiger partial charge is 0.467 e. The molecule has 0 saturated heterocycles. The fourth-order valence-corrected chi connectivity index (χ4v) is 3.84. The molecule has 0 bridgehead atoms. The zero-order chi connectivity index (χ0) is 20.8. The fraction of sp³-hybridized carbons (Fsp3) is 0.364. The maximum absolute atomic E-state index is 13.2. The van der Waals surface area contributed by atoms with Gasteiger partial charge in [-0.05, 0) is 49.6 Å². The molecular weight excluding hydrogens is 386 g/mol. The topological polar surface area (TPSA) is 58.7 Å². The summed E-state index contributed by atoms with van der Waals surface area (Å²) in [6.45, 7) is 4.74. The van der Waals surface area contributed by atoms with Gasteiger partial charge in [-0.2, -0.15) is 0 Å². The van der Waals surface area contributed by atoms with Gasteiger partial charge in [-0.15, -0.1) is 11.3 Å². The summed E-state index contributed by atoms with van der Waals surface area (Å²) in [6.07, 6.45) is 3.88. The van der Waals surface area contributed by atoms with Gasteiger partial charge in [0.1, 0.15) is 12.3 Å². The van der Waals surface area contributed by atoms with E-state index in [1.54, 1.807) is 27.4 Å². The molecule has 2 amide bonds. The van der Waals surface area contributed by atoms with Crippen molar-refractivity contribution in [1.82, 2.24) is 14.4 Å². The highest BCUT2D eigenvalue weighted by Crippen LogP contribution is 2.15. The van der Waals surface area contributed by atoms with Crippen LogP contribution in [0.4, 0.5) is 0 Å². The second kappa shape index (κ2) is 9.60. The first-order chi connectivity index (χ1) is 13.9. The number of carbonyl (C=O) groups is 2. The van der Waals surface area contributed by atoms with E-state index in [0.717, 1.165) is 10.6 Å². The molecular formula is C22H27N3O3S. The molecule has 0 unspecified atom stereocenters. The first-order valence-electron chi connectivity index (χ1n) is 9.66. The molecule has 0 N–H and O–H groups in total. The van der Waals surface area contributed by atoms with E-state index < -0.39 is 0 Å². The summed E-state index contributed by atoms with van der Waals surface area (Å²) in [5.74, 6) is 0.581. The van der Waals surface area contributed by atoms with Crippen LogP contribution in [0, 0.1) is 0 Å². The van der Waals surface area contributed by atoms with Crippen molar-refractivity contribution >= 4 is 23.2 Å². The van der Waals surface area contributed by atoms with Gasteiger partial charge in [0.2, 0.25) is 11.8 Å². The smallest absolute Gasteiger partial charge is 0.242 e. The van der Waals surface area contributed by atoms with Crippen LogP contribution in [0.2, 0.25) is 0 Å². The average molecular weight is 414 g/mol. The molecule has 154 valence electrons. The first-order valence-corrected chi connectivity index (χ1v) is 10.5. The second-order valence-electron chi connectivity index (χ2n) is 7.31. The molecule has 0 aliphatic heterocycles. The van der Waals surface area contributed by atoms with Crippen molar-refractivity contribution in [3.8, 4) is 0 Å². The van der Waals surface area contributed by atoms with E-state index in [1.807, 2.05) is 73.4 Å². The number of hydrogen-bond donors (Lipinski definition) is 0. The molecule has 0 aromatic carbocycles. The minimum absolute atomic E-state index is 0.0346. The minimum atomic E-state index is -0.101. The third-order valence-corrected chi connectivity index (χ3v) is 5.71. The van der Waals surface area contributed by atoms with Crippen molar-refractivity contribution in [2.24, 2.45) is 7.05 Å². The SMILES string of the molecule is CC(C)N(CC(=O)N(Cc1ccco1)Cc1cccn1C)C(=O)Cc1cccs1. The Kier molecular flexibility index (Phi) is 6.93. The molecule has 0 aliphatic rings. The number of nitrogens with zero attached hydrogens (tertiary/aromatic N) is 3. The van der Waals surface area contributed by atoms with E-state index in [-0.39, 0.29) is 24.4 Å². The summed E-state index contributed by atoms with van der Waals surface area (Å²) in [5.41, 5.74) is 1.02. The Morgan fingerprint density at radius 1 is 1.10 bits per heavy atom. The van der Waals surface area contributed by atoms with Gasteiger partial charge in [0.25, 0.3) is 0 Å². The maximum atomic E-state index is 13.2. The van der Waals surface area contributed by atoms with Crippen LogP contribution in [-0.2, 0) is 36.1 Å². The number of aromatic nitrogens is 1. The van der Waals surface area contributed by atoms with Crippen molar-refractivity contribution < 1.29 is 14.0 Å². The van der Waals surface area contributed by atoms with Gasteiger partial charge in [-0.1, -0.05) is 6.07 Å². The third-order valence-electron chi connectivity index (χ3n) is 4.84. The summed E-state index contributed by atoms with van der Waals surface area (Å²) in [6, 6.07) is 11.4. The van der Waals surface area contributed by atoms with E-state index in [9.17, 15) is 9.59 Å². The lowest BCUT2D eigenvalue weighted by Crippen LogP contribution is -2.46. The first kappa shape index (κ1) is 20.9. The van der Waals surface area contributed by atoms with Gasteiger partial charge < -0.3 is 18.8 Å². The van der Waals surface area contributed by atoms with E-state index in [4.69, 9.17) is 4.42 Å². The summed E-state index contributed by atoms with van der Waals surface area (Å²) in [7, 11) is 1.95. The molecule has 7 heteroatoms. The Balaban J connectivity index is 1.73. The summed E-state index contributed by atoms with van der Waals surface area (Å²) < 4.78 is 7.44. The van der Waals surface area contributed by atoms with E-state index in [0.29, 0.717) is 25.3 Å². The Hall–Kier alpha value is -2.80. The number of carbonyl (C=O) groups excluding carboxylic acids is 2. The second-order valence-corrected chi connectivity index (χ2v) is 8.34. The zero-order valence-corrected chi connectivity index (χ0v) is 17.9. The maximum Gasteiger partial charge on any atom is 0.242 e. The quantitative estimate of drug-likeness (QED) is 0.538. The molecule has 3 aromatic heterocycles. The monoisotopic (exact) mass is 413 g/mol. The van der Waals surface area contributed by atoms with Gasteiger partial charge in [-0.3, -0.25) is 9.59 Å². The predicted octanol–water partition coefficient (Wildman–Crippen LogP) is 3.69. The lowest BCUT2D eigenvalue weighted by Gasteiger charge is -2.30. The molecule has 3 heterocycles. The Bertz CT molecular complexity index is 913. The Morgan fingerprint density at radius 2 is 1.93 bits per heavy atom. The van der Waals surface area contributed by atoms with Crippen molar-refractivity contribution in [3.05, 3.63) is 70.6 Å². The standard InChI is InChI=1S/C22H27N3O3S/c1-17(2)25(21(26)13-20-9-6-12-29-20)16-22(27)24(15-19-8-5-11-28-19)14-18-7-4-10-23(18)3/h4-12,17H,13-16H2,1-3H3. The lowest BCUT2D eigenvalue weighted by atomic mass is 10.2. The highest BCUT2D eigenvalue weighted by Gasteiger charge is 2.25. The van der Waals surface area contributed by atoms with Crippen LogP contribution in [0.3, 0.4) is 0 Å². The third kappa shape index (κ3) is 5.60. The Morgan fingerprint density at radius 3 is 2.52 bits per heavy atom. The number of rotatable bonds is 9. The number of amides is 2. The van der Waals surface area contributed by atoms with Crippen LogP contribution in [0.15, 0.2) is 58.7 Å². The van der Waals surface area contributed by atoms with E-state index in [1.165, 1.54) is 0 Å². The van der Waals surface area contributed by atoms with Crippen LogP contribution in [0.1, 0.15) is 30.2 Å². The lowest BCUT2D eigenvalue weighted by molar-refractivity contribution is -0.142. The molecule has 0 atom stereocenters. The summed E-state index contributed by atoms with van der Waals surface area (Å²) >= 11 is 1.55.